The van der Waals surface area contributed by atoms with E-state index in [1.807, 2.05) is 55.4 Å². The lowest BCUT2D eigenvalue weighted by Crippen LogP contribution is -2.13. The van der Waals surface area contributed by atoms with Gasteiger partial charge in [0.25, 0.3) is 0 Å². The Labute approximate surface area is 190 Å². The molecule has 0 saturated carbocycles. The molecule has 3 aromatic rings. The summed E-state index contributed by atoms with van der Waals surface area (Å²) in [6.45, 7) is 6.35. The second kappa shape index (κ2) is 9.65. The van der Waals surface area contributed by atoms with E-state index in [2.05, 4.69) is 20.8 Å². The van der Waals surface area contributed by atoms with Crippen LogP contribution in [0.5, 0.6) is 5.75 Å². The van der Waals surface area contributed by atoms with Crippen LogP contribution in [0.3, 0.4) is 0 Å². The largest absolute Gasteiger partial charge is 0.422 e. The van der Waals surface area contributed by atoms with Crippen molar-refractivity contribution in [2.75, 3.05) is 19.0 Å². The lowest BCUT2D eigenvalue weighted by atomic mass is 9.87. The maximum atomic E-state index is 12.8. The summed E-state index contributed by atoms with van der Waals surface area (Å²) in [5.41, 5.74) is 3.91. The Kier molecular flexibility index (Phi) is 6.94. The quantitative estimate of drug-likeness (QED) is 0.204. The molecule has 0 aliphatic carbocycles. The highest BCUT2D eigenvalue weighted by Gasteiger charge is 2.17. The van der Waals surface area contributed by atoms with Gasteiger partial charge in [-0.15, -0.1) is 0 Å². The smallest absolute Gasteiger partial charge is 0.343 e. The molecule has 0 amide bonds. The van der Waals surface area contributed by atoms with Gasteiger partial charge in [0, 0.05) is 19.8 Å². The van der Waals surface area contributed by atoms with E-state index in [4.69, 9.17) is 4.74 Å². The molecule has 0 spiro atoms. The zero-order valence-corrected chi connectivity index (χ0v) is 19.3. The number of hydrogen-bond donors (Lipinski definition) is 0. The molecule has 0 fully saturated rings. The first-order chi connectivity index (χ1) is 15.1. The van der Waals surface area contributed by atoms with Crippen LogP contribution in [-0.2, 0) is 5.41 Å². The lowest BCUT2D eigenvalue weighted by Gasteiger charge is -2.19. The number of ketones is 1. The van der Waals surface area contributed by atoms with Gasteiger partial charge in [-0.2, -0.15) is 0 Å². The average molecular weight is 428 g/mol. The number of carbonyl (C=O) groups is 2. The van der Waals surface area contributed by atoms with Gasteiger partial charge in [0.2, 0.25) is 0 Å². The van der Waals surface area contributed by atoms with Gasteiger partial charge in [-0.3, -0.25) is 4.79 Å². The molecular formula is C28H29NO3. The van der Waals surface area contributed by atoms with Crippen molar-refractivity contribution >= 4 is 23.5 Å². The molecule has 0 N–H and O–H groups in total. The lowest BCUT2D eigenvalue weighted by molar-refractivity contribution is 0.0733. The van der Waals surface area contributed by atoms with Crippen molar-refractivity contribution in [2.45, 2.75) is 26.2 Å². The fraction of sp³-hybridized carbons (Fsp3) is 0.214. The summed E-state index contributed by atoms with van der Waals surface area (Å²) in [6, 6.07) is 22.0. The topological polar surface area (TPSA) is 46.6 Å². The number of rotatable bonds is 6. The van der Waals surface area contributed by atoms with Gasteiger partial charge in [0.1, 0.15) is 5.75 Å². The number of benzene rings is 3. The van der Waals surface area contributed by atoms with Gasteiger partial charge < -0.3 is 9.64 Å². The SMILES string of the molecule is CN(C)c1ccc(/C=C/C(=O)c2ccccc2OC(=O)c2ccc(C(C)(C)C)cc2)cc1. The van der Waals surface area contributed by atoms with Gasteiger partial charge >= 0.3 is 5.97 Å². The number of allylic oxidation sites excluding steroid dienone is 1. The summed E-state index contributed by atoms with van der Waals surface area (Å²) in [7, 11) is 3.96. The van der Waals surface area contributed by atoms with Crippen LogP contribution in [0, 0.1) is 0 Å². The third-order valence-corrected chi connectivity index (χ3v) is 5.18. The summed E-state index contributed by atoms with van der Waals surface area (Å²) < 4.78 is 5.57. The van der Waals surface area contributed by atoms with Crippen molar-refractivity contribution in [2.24, 2.45) is 0 Å². The zero-order valence-electron chi connectivity index (χ0n) is 19.3. The summed E-state index contributed by atoms with van der Waals surface area (Å²) in [5, 5.41) is 0. The number of anilines is 1. The minimum absolute atomic E-state index is 0.000567. The molecule has 0 unspecified atom stereocenters. The van der Waals surface area contributed by atoms with Crippen LogP contribution in [0.4, 0.5) is 5.69 Å². The van der Waals surface area contributed by atoms with Crippen molar-refractivity contribution in [1.82, 2.24) is 0 Å². The van der Waals surface area contributed by atoms with E-state index in [0.717, 1.165) is 16.8 Å². The van der Waals surface area contributed by atoms with Crippen molar-refractivity contribution in [3.63, 3.8) is 0 Å². The molecule has 0 aromatic heterocycles. The summed E-state index contributed by atoms with van der Waals surface area (Å²) in [6.07, 6.45) is 3.25. The van der Waals surface area contributed by atoms with Crippen LogP contribution in [0.25, 0.3) is 6.08 Å². The van der Waals surface area contributed by atoms with Gasteiger partial charge in [0.15, 0.2) is 5.78 Å². The van der Waals surface area contributed by atoms with Gasteiger partial charge in [-0.25, -0.2) is 4.79 Å². The number of nitrogens with zero attached hydrogens (tertiary/aromatic N) is 1. The first-order valence-electron chi connectivity index (χ1n) is 10.6. The first-order valence-corrected chi connectivity index (χ1v) is 10.6. The van der Waals surface area contributed by atoms with Crippen LogP contribution in [0.1, 0.15) is 52.6 Å². The van der Waals surface area contributed by atoms with Crippen molar-refractivity contribution in [1.29, 1.82) is 0 Å². The molecule has 3 rings (SSSR count). The summed E-state index contributed by atoms with van der Waals surface area (Å²) >= 11 is 0. The molecule has 0 saturated heterocycles. The number of esters is 1. The molecule has 0 aliphatic rings. The number of hydrogen-bond acceptors (Lipinski definition) is 4. The van der Waals surface area contributed by atoms with Crippen LogP contribution in [0.2, 0.25) is 0 Å². The van der Waals surface area contributed by atoms with E-state index in [-0.39, 0.29) is 16.9 Å². The van der Waals surface area contributed by atoms with Crippen LogP contribution in [0.15, 0.2) is 78.9 Å². The Morgan fingerprint density at radius 2 is 1.47 bits per heavy atom. The second-order valence-electron chi connectivity index (χ2n) is 8.90. The van der Waals surface area contributed by atoms with E-state index in [9.17, 15) is 9.59 Å². The molecule has 3 aromatic carbocycles. The normalized spacial score (nSPS) is 11.4. The van der Waals surface area contributed by atoms with Gasteiger partial charge in [-0.1, -0.05) is 63.2 Å². The number of ether oxygens (including phenoxy) is 1. The van der Waals surface area contributed by atoms with E-state index in [1.54, 1.807) is 42.5 Å². The zero-order chi connectivity index (χ0) is 23.3. The monoisotopic (exact) mass is 427 g/mol. The minimum atomic E-state index is -0.492. The Morgan fingerprint density at radius 3 is 2.06 bits per heavy atom. The second-order valence-corrected chi connectivity index (χ2v) is 8.90. The average Bonchev–Trinajstić information content (AvgIpc) is 2.77. The Hall–Kier alpha value is -3.66. The molecule has 0 radical (unpaired) electrons. The molecule has 4 nitrogen and oxygen atoms in total. The fourth-order valence-electron chi connectivity index (χ4n) is 3.17. The molecular weight excluding hydrogens is 398 g/mol. The first kappa shape index (κ1) is 23.0. The van der Waals surface area contributed by atoms with Crippen LogP contribution in [-0.4, -0.2) is 25.8 Å². The van der Waals surface area contributed by atoms with E-state index >= 15 is 0 Å². The maximum absolute atomic E-state index is 12.8. The fourth-order valence-corrected chi connectivity index (χ4v) is 3.17. The third kappa shape index (κ3) is 5.73. The minimum Gasteiger partial charge on any atom is -0.422 e. The number of para-hydroxylation sites is 1. The van der Waals surface area contributed by atoms with Gasteiger partial charge in [0.05, 0.1) is 11.1 Å². The highest BCUT2D eigenvalue weighted by molar-refractivity contribution is 6.09. The molecule has 164 valence electrons. The molecule has 0 heterocycles. The molecule has 0 atom stereocenters. The Balaban J connectivity index is 1.75. The van der Waals surface area contributed by atoms with E-state index < -0.39 is 5.97 Å². The van der Waals surface area contributed by atoms with Crippen molar-refractivity contribution in [3.05, 3.63) is 101 Å². The predicted octanol–water partition coefficient (Wildman–Crippen LogP) is 6.17. The van der Waals surface area contributed by atoms with Crippen LogP contribution >= 0.6 is 0 Å². The standard InChI is InChI=1S/C28H29NO3/c1-28(2,3)22-15-13-21(14-16-22)27(31)32-26-9-7-6-8-24(26)25(30)19-12-20-10-17-23(18-11-20)29(4)5/h6-19H,1-5H3/b19-12+. The Bertz CT molecular complexity index is 1120. The number of carbonyl (C=O) groups excluding carboxylic acids is 2. The van der Waals surface area contributed by atoms with E-state index in [0.29, 0.717) is 11.1 Å². The highest BCUT2D eigenvalue weighted by Crippen LogP contribution is 2.24. The highest BCUT2D eigenvalue weighted by atomic mass is 16.5. The molecule has 0 aliphatic heterocycles. The summed E-state index contributed by atoms with van der Waals surface area (Å²) in [5.74, 6) is -0.475. The van der Waals surface area contributed by atoms with Gasteiger partial charge in [-0.05, 0) is 59.0 Å². The van der Waals surface area contributed by atoms with Crippen molar-refractivity contribution in [3.8, 4) is 5.75 Å². The molecule has 4 heteroatoms. The van der Waals surface area contributed by atoms with Crippen molar-refractivity contribution < 1.29 is 14.3 Å². The van der Waals surface area contributed by atoms with E-state index in [1.165, 1.54) is 6.08 Å². The summed E-state index contributed by atoms with van der Waals surface area (Å²) in [4.78, 5) is 27.5. The Morgan fingerprint density at radius 1 is 0.844 bits per heavy atom. The molecule has 0 bridgehead atoms. The maximum Gasteiger partial charge on any atom is 0.343 e. The third-order valence-electron chi connectivity index (χ3n) is 5.18. The predicted molar refractivity (Wildman–Crippen MR) is 131 cm³/mol. The van der Waals surface area contributed by atoms with Crippen LogP contribution < -0.4 is 9.64 Å². The molecule has 32 heavy (non-hydrogen) atoms.